The number of rotatable bonds is 5. The monoisotopic (exact) mass is 409 g/mol. The lowest BCUT2D eigenvalue weighted by Crippen LogP contribution is -2.48. The van der Waals surface area contributed by atoms with Crippen LogP contribution in [-0.4, -0.2) is 42.8 Å². The van der Waals surface area contributed by atoms with Crippen LogP contribution in [-0.2, 0) is 21.5 Å². The van der Waals surface area contributed by atoms with E-state index in [9.17, 15) is 9.18 Å². The Bertz CT molecular complexity index is 895. The molecule has 5 nitrogen and oxygen atoms in total. The predicted molar refractivity (Wildman–Crippen MR) is 105 cm³/mol. The van der Waals surface area contributed by atoms with E-state index >= 15 is 4.39 Å². The maximum atomic E-state index is 15.6. The van der Waals surface area contributed by atoms with Crippen LogP contribution in [0.3, 0.4) is 0 Å². The molecule has 2 N–H and O–H groups in total. The summed E-state index contributed by atoms with van der Waals surface area (Å²) in [6, 6.07) is 4.18. The molecule has 0 spiro atoms. The molecular formula is C20H22ClF2N3O2. The Hall–Kier alpha value is -2.12. The van der Waals surface area contributed by atoms with Crippen LogP contribution in [0.5, 0.6) is 0 Å². The molecule has 0 amide bonds. The molecule has 2 aliphatic heterocycles. The fourth-order valence-corrected chi connectivity index (χ4v) is 3.95. The minimum Gasteiger partial charge on any atom is -0.386 e. The highest BCUT2D eigenvalue weighted by molar-refractivity contribution is 6.60. The Labute approximate surface area is 167 Å². The van der Waals surface area contributed by atoms with Gasteiger partial charge in [0, 0.05) is 12.0 Å². The topological polar surface area (TPSA) is 77.0 Å². The van der Waals surface area contributed by atoms with Crippen LogP contribution in [0.2, 0.25) is 0 Å². The van der Waals surface area contributed by atoms with Gasteiger partial charge >= 0.3 is 0 Å². The van der Waals surface area contributed by atoms with Crippen molar-refractivity contribution in [2.45, 2.75) is 37.9 Å². The standard InChI is InChI=1S/C20H22ClF2N3O2/c1-3-20(19(2,23)11-28-10-17(24)26-20)13-8-12(4-5-15(13)22)9-16(27)18-14(21)6-7-25-18/h4-6,8H,3,7,9-11H2,1-2H3,(H2,24,26)/t19?,20-/m1/s1. The molecule has 2 atom stereocenters. The molecule has 0 radical (unpaired) electrons. The summed E-state index contributed by atoms with van der Waals surface area (Å²) >= 11 is 5.99. The summed E-state index contributed by atoms with van der Waals surface area (Å²) in [5, 5.41) is 0.312. The minimum absolute atomic E-state index is 0.0221. The molecule has 0 aromatic heterocycles. The molecule has 2 heterocycles. The van der Waals surface area contributed by atoms with Gasteiger partial charge in [-0.2, -0.15) is 0 Å². The first-order valence-corrected chi connectivity index (χ1v) is 9.41. The number of ketones is 1. The summed E-state index contributed by atoms with van der Waals surface area (Å²) in [6.07, 6.45) is 1.78. The van der Waals surface area contributed by atoms with E-state index in [0.29, 0.717) is 17.1 Å². The number of alkyl halides is 1. The summed E-state index contributed by atoms with van der Waals surface area (Å²) in [5.41, 5.74) is 3.08. The van der Waals surface area contributed by atoms with Gasteiger partial charge in [0.2, 0.25) is 0 Å². The Morgan fingerprint density at radius 2 is 2.18 bits per heavy atom. The van der Waals surface area contributed by atoms with Crippen molar-refractivity contribution in [2.24, 2.45) is 15.7 Å². The molecule has 0 bridgehead atoms. The molecule has 3 rings (SSSR count). The molecule has 1 unspecified atom stereocenters. The third-order valence-corrected chi connectivity index (χ3v) is 5.52. The number of hydrogen-bond acceptors (Lipinski definition) is 5. The fourth-order valence-electron chi connectivity index (χ4n) is 3.72. The van der Waals surface area contributed by atoms with Crippen molar-refractivity contribution in [1.29, 1.82) is 0 Å². The zero-order valence-electron chi connectivity index (χ0n) is 15.8. The lowest BCUT2D eigenvalue weighted by Gasteiger charge is -2.39. The summed E-state index contributed by atoms with van der Waals surface area (Å²) in [5.74, 6) is -0.796. The lowest BCUT2D eigenvalue weighted by atomic mass is 9.74. The van der Waals surface area contributed by atoms with E-state index in [0.717, 1.165) is 0 Å². The summed E-state index contributed by atoms with van der Waals surface area (Å²) in [7, 11) is 0. The van der Waals surface area contributed by atoms with Crippen molar-refractivity contribution in [3.05, 3.63) is 46.3 Å². The molecule has 0 aliphatic carbocycles. The number of ether oxygens (including phenoxy) is 1. The Morgan fingerprint density at radius 1 is 1.43 bits per heavy atom. The molecule has 1 aromatic carbocycles. The smallest absolute Gasteiger partial charge is 0.186 e. The number of carbonyl (C=O) groups is 1. The average molecular weight is 410 g/mol. The number of amidine groups is 1. The van der Waals surface area contributed by atoms with Crippen LogP contribution < -0.4 is 5.73 Å². The van der Waals surface area contributed by atoms with Gasteiger partial charge in [0.15, 0.2) is 11.5 Å². The second kappa shape index (κ2) is 7.72. The third kappa shape index (κ3) is 3.61. The first-order valence-electron chi connectivity index (χ1n) is 9.03. The van der Waals surface area contributed by atoms with Crippen LogP contribution in [0.1, 0.15) is 31.4 Å². The molecule has 2 aliphatic rings. The van der Waals surface area contributed by atoms with Gasteiger partial charge in [0.25, 0.3) is 0 Å². The van der Waals surface area contributed by atoms with Crippen molar-refractivity contribution in [3.8, 4) is 0 Å². The minimum atomic E-state index is -1.99. The fraction of sp³-hybridized carbons (Fsp3) is 0.450. The highest BCUT2D eigenvalue weighted by Gasteiger charge is 2.52. The molecule has 0 fully saturated rings. The summed E-state index contributed by atoms with van der Waals surface area (Å²) in [6.45, 7) is 3.11. The van der Waals surface area contributed by atoms with Gasteiger partial charge in [-0.15, -0.1) is 0 Å². The first-order chi connectivity index (χ1) is 13.2. The number of allylic oxidation sites excluding steroid dienone is 1. The normalized spacial score (nSPS) is 27.7. The highest BCUT2D eigenvalue weighted by Crippen LogP contribution is 2.45. The second-order valence-electron chi connectivity index (χ2n) is 7.16. The van der Waals surface area contributed by atoms with Crippen molar-refractivity contribution < 1.29 is 18.3 Å². The van der Waals surface area contributed by atoms with Gasteiger partial charge < -0.3 is 10.5 Å². The van der Waals surface area contributed by atoms with E-state index in [-0.39, 0.29) is 48.9 Å². The van der Waals surface area contributed by atoms with Crippen molar-refractivity contribution in [3.63, 3.8) is 0 Å². The Balaban J connectivity index is 2.03. The van der Waals surface area contributed by atoms with E-state index in [4.69, 9.17) is 22.1 Å². The van der Waals surface area contributed by atoms with Gasteiger partial charge in [-0.05, 0) is 37.1 Å². The third-order valence-electron chi connectivity index (χ3n) is 5.18. The number of hydrogen-bond donors (Lipinski definition) is 1. The first kappa shape index (κ1) is 20.6. The predicted octanol–water partition coefficient (Wildman–Crippen LogP) is 3.24. The van der Waals surface area contributed by atoms with E-state index in [1.807, 2.05) is 0 Å². The van der Waals surface area contributed by atoms with Crippen molar-refractivity contribution >= 4 is 28.9 Å². The van der Waals surface area contributed by atoms with Crippen molar-refractivity contribution in [2.75, 3.05) is 19.8 Å². The lowest BCUT2D eigenvalue weighted by molar-refractivity contribution is -0.112. The van der Waals surface area contributed by atoms with Crippen LogP contribution >= 0.6 is 11.6 Å². The molecule has 8 heteroatoms. The number of halogens is 3. The Morgan fingerprint density at radius 3 is 2.82 bits per heavy atom. The number of benzene rings is 1. The number of nitrogens with zero attached hydrogens (tertiary/aromatic N) is 2. The maximum Gasteiger partial charge on any atom is 0.186 e. The van der Waals surface area contributed by atoms with Crippen molar-refractivity contribution in [1.82, 2.24) is 0 Å². The molecule has 0 saturated heterocycles. The molecule has 150 valence electrons. The quantitative estimate of drug-likeness (QED) is 0.811. The van der Waals surface area contributed by atoms with Gasteiger partial charge in [-0.25, -0.2) is 8.78 Å². The SMILES string of the molecule is CC[C@]1(c2cc(CC(=O)C3=NCC=C3Cl)ccc2F)N=C(N)COCC1(C)F. The number of Topliss-reactive ketones (excluding diaryl/α,β-unsaturated/α-hetero) is 1. The number of aliphatic imine (C=N–C) groups is 2. The van der Waals surface area contributed by atoms with E-state index in [1.165, 1.54) is 25.1 Å². The van der Waals surface area contributed by atoms with Gasteiger partial charge in [0.05, 0.1) is 18.2 Å². The Kier molecular flexibility index (Phi) is 5.68. The van der Waals surface area contributed by atoms with E-state index < -0.39 is 17.0 Å². The number of carbonyl (C=O) groups excluding carboxylic acids is 1. The maximum absolute atomic E-state index is 15.6. The van der Waals surface area contributed by atoms with Crippen LogP contribution in [0.4, 0.5) is 8.78 Å². The van der Waals surface area contributed by atoms with E-state index in [2.05, 4.69) is 9.98 Å². The van der Waals surface area contributed by atoms with Crippen LogP contribution in [0, 0.1) is 5.82 Å². The zero-order valence-corrected chi connectivity index (χ0v) is 16.5. The van der Waals surface area contributed by atoms with Crippen LogP contribution in [0.25, 0.3) is 0 Å². The molecule has 28 heavy (non-hydrogen) atoms. The van der Waals surface area contributed by atoms with Gasteiger partial charge in [-0.3, -0.25) is 14.8 Å². The van der Waals surface area contributed by atoms with E-state index in [1.54, 1.807) is 13.0 Å². The average Bonchev–Trinajstić information content (AvgIpc) is 3.02. The van der Waals surface area contributed by atoms with Crippen LogP contribution in [0.15, 0.2) is 39.3 Å². The van der Waals surface area contributed by atoms with Gasteiger partial charge in [0.1, 0.15) is 29.5 Å². The summed E-state index contributed by atoms with van der Waals surface area (Å²) < 4.78 is 35.7. The number of nitrogens with two attached hydrogens (primary N) is 1. The molecule has 1 aromatic rings. The largest absolute Gasteiger partial charge is 0.386 e. The summed E-state index contributed by atoms with van der Waals surface area (Å²) in [4.78, 5) is 20.9. The highest BCUT2D eigenvalue weighted by atomic mass is 35.5. The zero-order chi connectivity index (χ0) is 20.5. The molecule has 0 saturated carbocycles. The van der Waals surface area contributed by atoms with Gasteiger partial charge in [-0.1, -0.05) is 24.6 Å². The second-order valence-corrected chi connectivity index (χ2v) is 7.57. The molecular weight excluding hydrogens is 388 g/mol.